The number of hydrogen-bond donors (Lipinski definition) is 1. The molecule has 4 aliphatic rings. The van der Waals surface area contributed by atoms with E-state index in [1.807, 2.05) is 18.2 Å². The first-order valence-electron chi connectivity index (χ1n) is 10.6. The van der Waals surface area contributed by atoms with E-state index in [2.05, 4.69) is 5.32 Å². The number of aromatic nitrogens is 1. The minimum atomic E-state index is -0.445. The molecule has 0 unspecified atom stereocenters. The molecule has 0 radical (unpaired) electrons. The van der Waals surface area contributed by atoms with E-state index in [0.29, 0.717) is 22.6 Å². The molecule has 1 aromatic heterocycles. The lowest BCUT2D eigenvalue weighted by Gasteiger charge is -2.57. The highest BCUT2D eigenvalue weighted by molar-refractivity contribution is 6.31. The van der Waals surface area contributed by atoms with Crippen LogP contribution in [0.5, 0.6) is 0 Å². The fourth-order valence-corrected chi connectivity index (χ4v) is 6.66. The summed E-state index contributed by atoms with van der Waals surface area (Å²) < 4.78 is 6.30. The molecule has 6 heteroatoms. The number of carbonyl (C=O) groups excluding carboxylic acids is 1. The Morgan fingerprint density at radius 3 is 2.45 bits per heavy atom. The molecule has 0 aliphatic heterocycles. The Bertz CT molecular complexity index is 993. The number of nitrogens with zero attached hydrogens (tertiary/aromatic N) is 1. The van der Waals surface area contributed by atoms with Crippen LogP contribution in [-0.2, 0) is 22.6 Å². The number of ether oxygens (including phenoxy) is 1. The van der Waals surface area contributed by atoms with Gasteiger partial charge in [-0.25, -0.2) is 0 Å². The lowest BCUT2D eigenvalue weighted by molar-refractivity contribution is -0.141. The lowest BCUT2D eigenvalue weighted by Crippen LogP contribution is -2.58. The van der Waals surface area contributed by atoms with Crippen molar-refractivity contribution in [1.29, 1.82) is 0 Å². The summed E-state index contributed by atoms with van der Waals surface area (Å²) in [6.45, 7) is 0.419. The first-order valence-corrected chi connectivity index (χ1v) is 11.0. The van der Waals surface area contributed by atoms with Crippen LogP contribution in [0, 0.1) is 17.8 Å². The zero-order valence-corrected chi connectivity index (χ0v) is 17.5. The van der Waals surface area contributed by atoms with Gasteiger partial charge in [-0.15, -0.1) is 0 Å². The molecule has 4 saturated carbocycles. The Labute approximate surface area is 175 Å². The molecule has 0 atom stereocenters. The number of fused-ring (bicyclic) bond motifs is 1. The molecule has 1 aromatic carbocycles. The minimum absolute atomic E-state index is 0.114. The molecule has 0 saturated heterocycles. The van der Waals surface area contributed by atoms with Crippen LogP contribution in [0.4, 0.5) is 0 Å². The van der Waals surface area contributed by atoms with E-state index >= 15 is 0 Å². The van der Waals surface area contributed by atoms with Crippen LogP contribution in [0.3, 0.4) is 0 Å². The van der Waals surface area contributed by atoms with Crippen LogP contribution in [-0.4, -0.2) is 23.2 Å². The molecular formula is C23H27ClN2O3. The molecule has 0 amide bonds. The number of pyridine rings is 1. The SMILES string of the molecule is COC(=O)Cn1c(=O)c(CNC23CC4CC(CC(C4)C2)C3)cc2ccc(Cl)cc21. The van der Waals surface area contributed by atoms with E-state index in [4.69, 9.17) is 16.3 Å². The maximum atomic E-state index is 13.2. The Balaban J connectivity index is 1.47. The summed E-state index contributed by atoms with van der Waals surface area (Å²) in [5, 5.41) is 5.24. The molecule has 29 heavy (non-hydrogen) atoms. The van der Waals surface area contributed by atoms with E-state index < -0.39 is 5.97 Å². The molecule has 4 aliphatic carbocycles. The largest absolute Gasteiger partial charge is 0.468 e. The van der Waals surface area contributed by atoms with Crippen molar-refractivity contribution in [2.24, 2.45) is 17.8 Å². The van der Waals surface area contributed by atoms with Gasteiger partial charge in [0.25, 0.3) is 5.56 Å². The van der Waals surface area contributed by atoms with E-state index in [-0.39, 0.29) is 17.6 Å². The second kappa shape index (κ2) is 7.13. The molecule has 1 N–H and O–H groups in total. The monoisotopic (exact) mass is 414 g/mol. The van der Waals surface area contributed by atoms with Crippen LogP contribution < -0.4 is 10.9 Å². The zero-order chi connectivity index (χ0) is 20.2. The topological polar surface area (TPSA) is 60.3 Å². The summed E-state index contributed by atoms with van der Waals surface area (Å²) in [4.78, 5) is 25.2. The first kappa shape index (κ1) is 19.1. The van der Waals surface area contributed by atoms with Gasteiger partial charge in [0.15, 0.2) is 0 Å². The van der Waals surface area contributed by atoms with Crippen molar-refractivity contribution >= 4 is 28.5 Å². The summed E-state index contributed by atoms with van der Waals surface area (Å²) in [6, 6.07) is 7.39. The Morgan fingerprint density at radius 1 is 1.17 bits per heavy atom. The number of hydrogen-bond acceptors (Lipinski definition) is 4. The predicted octanol–water partition coefficient (Wildman–Crippen LogP) is 3.89. The minimum Gasteiger partial charge on any atom is -0.468 e. The fourth-order valence-electron chi connectivity index (χ4n) is 6.49. The maximum Gasteiger partial charge on any atom is 0.325 e. The second-order valence-corrected chi connectivity index (χ2v) is 9.83. The molecular weight excluding hydrogens is 388 g/mol. The molecule has 5 nitrogen and oxygen atoms in total. The molecule has 154 valence electrons. The van der Waals surface area contributed by atoms with Crippen molar-refractivity contribution in [3.63, 3.8) is 0 Å². The molecule has 2 aromatic rings. The summed E-state index contributed by atoms with van der Waals surface area (Å²) in [6.07, 6.45) is 7.88. The number of rotatable bonds is 5. The summed E-state index contributed by atoms with van der Waals surface area (Å²) in [5.41, 5.74) is 1.39. The van der Waals surface area contributed by atoms with Gasteiger partial charge < -0.3 is 10.1 Å². The normalized spacial score (nSPS) is 30.1. The van der Waals surface area contributed by atoms with Gasteiger partial charge in [0, 0.05) is 22.7 Å². The van der Waals surface area contributed by atoms with Gasteiger partial charge in [0.1, 0.15) is 6.54 Å². The number of methoxy groups -OCH3 is 1. The zero-order valence-electron chi connectivity index (χ0n) is 16.7. The Kier molecular flexibility index (Phi) is 4.71. The standard InChI is InChI=1S/C23H27ClN2O3/c1-29-21(27)13-26-20-8-19(24)3-2-17(20)7-18(22(26)28)12-25-23-9-14-4-15(10-23)6-16(5-14)11-23/h2-3,7-8,14-16,25H,4-6,9-13H2,1H3. The fraction of sp³-hybridized carbons (Fsp3) is 0.565. The average Bonchev–Trinajstić information content (AvgIpc) is 2.68. The third kappa shape index (κ3) is 3.49. The van der Waals surface area contributed by atoms with Crippen molar-refractivity contribution in [3.05, 3.63) is 45.2 Å². The lowest BCUT2D eigenvalue weighted by atomic mass is 9.53. The van der Waals surface area contributed by atoms with E-state index in [9.17, 15) is 9.59 Å². The van der Waals surface area contributed by atoms with Crippen molar-refractivity contribution in [1.82, 2.24) is 9.88 Å². The van der Waals surface area contributed by atoms with E-state index in [1.54, 1.807) is 6.07 Å². The molecule has 0 spiro atoms. The van der Waals surface area contributed by atoms with Crippen molar-refractivity contribution in [2.75, 3.05) is 7.11 Å². The number of esters is 1. The third-order valence-corrected chi connectivity index (χ3v) is 7.57. The van der Waals surface area contributed by atoms with Crippen LogP contribution in [0.1, 0.15) is 44.1 Å². The highest BCUT2D eigenvalue weighted by Crippen LogP contribution is 2.55. The van der Waals surface area contributed by atoms with E-state index in [0.717, 1.165) is 23.1 Å². The van der Waals surface area contributed by atoms with Gasteiger partial charge in [-0.05, 0) is 79.9 Å². The van der Waals surface area contributed by atoms with Crippen molar-refractivity contribution < 1.29 is 9.53 Å². The summed E-state index contributed by atoms with van der Waals surface area (Å²) in [7, 11) is 1.33. The van der Waals surface area contributed by atoms with Gasteiger partial charge >= 0.3 is 5.97 Å². The number of halogens is 1. The van der Waals surface area contributed by atoms with Crippen LogP contribution in [0.25, 0.3) is 10.9 Å². The summed E-state index contributed by atoms with van der Waals surface area (Å²) >= 11 is 6.15. The van der Waals surface area contributed by atoms with E-state index in [1.165, 1.54) is 50.2 Å². The highest BCUT2D eigenvalue weighted by atomic mass is 35.5. The van der Waals surface area contributed by atoms with Gasteiger partial charge in [-0.3, -0.25) is 14.2 Å². The van der Waals surface area contributed by atoms with Crippen molar-refractivity contribution in [3.8, 4) is 0 Å². The predicted molar refractivity (Wildman–Crippen MR) is 113 cm³/mol. The average molecular weight is 415 g/mol. The van der Waals surface area contributed by atoms with Gasteiger partial charge in [-0.1, -0.05) is 17.7 Å². The second-order valence-electron chi connectivity index (χ2n) is 9.39. The van der Waals surface area contributed by atoms with Gasteiger partial charge in [0.2, 0.25) is 0 Å². The van der Waals surface area contributed by atoms with Gasteiger partial charge in [-0.2, -0.15) is 0 Å². The van der Waals surface area contributed by atoms with Crippen molar-refractivity contribution in [2.45, 2.75) is 57.2 Å². The van der Waals surface area contributed by atoms with Crippen LogP contribution in [0.2, 0.25) is 5.02 Å². The smallest absolute Gasteiger partial charge is 0.325 e. The maximum absolute atomic E-state index is 13.2. The first-order chi connectivity index (χ1) is 13.9. The molecule has 6 rings (SSSR count). The van der Waals surface area contributed by atoms with Gasteiger partial charge in [0.05, 0.1) is 12.6 Å². The van der Waals surface area contributed by atoms with Crippen LogP contribution >= 0.6 is 11.6 Å². The Morgan fingerprint density at radius 2 is 1.83 bits per heavy atom. The Hall–Kier alpha value is -1.85. The number of benzene rings is 1. The molecule has 4 fully saturated rings. The number of carbonyl (C=O) groups is 1. The summed E-state index contributed by atoms with van der Waals surface area (Å²) in [5.74, 6) is 2.11. The molecule has 1 heterocycles. The van der Waals surface area contributed by atoms with Crippen LogP contribution in [0.15, 0.2) is 29.1 Å². The third-order valence-electron chi connectivity index (χ3n) is 7.34. The highest BCUT2D eigenvalue weighted by Gasteiger charge is 2.50. The molecule has 4 bridgehead atoms. The quantitative estimate of drug-likeness (QED) is 0.754. The number of nitrogens with one attached hydrogen (secondary N) is 1.